The normalized spacial score (nSPS) is 10.9. The predicted octanol–water partition coefficient (Wildman–Crippen LogP) is 1.92. The Balaban J connectivity index is 3.24. The Hall–Kier alpha value is -1.20. The van der Waals surface area contributed by atoms with Crippen LogP contribution >= 0.6 is 0 Å². The predicted molar refractivity (Wildman–Crippen MR) is 59.0 cm³/mol. The zero-order chi connectivity index (χ0) is 10.1. The van der Waals surface area contributed by atoms with Gasteiger partial charge in [0.1, 0.15) is 5.75 Å². The molecule has 1 N–H and O–H groups in total. The maximum Gasteiger partial charge on any atom is 0.131 e. The highest BCUT2D eigenvalue weighted by Crippen LogP contribution is 2.15. The zero-order valence-corrected chi connectivity index (χ0v) is 9.26. The van der Waals surface area contributed by atoms with Gasteiger partial charge in [0.15, 0.2) is 0 Å². The minimum atomic E-state index is -1.31. The lowest BCUT2D eigenvalue weighted by Crippen LogP contribution is -2.37. The summed E-state index contributed by atoms with van der Waals surface area (Å²) in [6.07, 6.45) is 5.27. The molecule has 0 bridgehead atoms. The molecule has 68 valence electrons. The summed E-state index contributed by atoms with van der Waals surface area (Å²) in [6.45, 7) is 6.75. The Morgan fingerprint density at radius 1 is 1.31 bits per heavy atom. The van der Waals surface area contributed by atoms with Crippen molar-refractivity contribution in [2.24, 2.45) is 0 Å². The van der Waals surface area contributed by atoms with Crippen LogP contribution in [0.5, 0.6) is 5.75 Å². The molecular weight excluding hydrogens is 176 g/mol. The molecule has 0 atom stereocenters. The summed E-state index contributed by atoms with van der Waals surface area (Å²) in [5, 5.41) is 10.6. The van der Waals surface area contributed by atoms with E-state index in [9.17, 15) is 5.11 Å². The van der Waals surface area contributed by atoms with Gasteiger partial charge in [0.05, 0.1) is 13.6 Å². The van der Waals surface area contributed by atoms with Crippen LogP contribution in [0.1, 0.15) is 5.56 Å². The van der Waals surface area contributed by atoms with Crippen molar-refractivity contribution in [1.82, 2.24) is 0 Å². The summed E-state index contributed by atoms with van der Waals surface area (Å²) in [4.78, 5) is 0. The Kier molecular flexibility index (Phi) is 2.49. The van der Waals surface area contributed by atoms with Crippen molar-refractivity contribution in [2.45, 2.75) is 19.6 Å². The molecule has 0 fully saturated rings. The summed E-state index contributed by atoms with van der Waals surface area (Å²) in [5.41, 5.74) is 0.597. The molecule has 1 rings (SSSR count). The highest BCUT2D eigenvalue weighted by atomic mass is 28.3. The Labute approximate surface area is 80.4 Å². The monoisotopic (exact) mass is 190 g/mol. The van der Waals surface area contributed by atoms with Crippen LogP contribution < -0.4 is 5.19 Å². The van der Waals surface area contributed by atoms with E-state index in [1.54, 1.807) is 6.07 Å². The second-order valence-electron chi connectivity index (χ2n) is 4.13. The number of hydrogen-bond donors (Lipinski definition) is 1. The van der Waals surface area contributed by atoms with Crippen molar-refractivity contribution < 1.29 is 5.11 Å². The van der Waals surface area contributed by atoms with Crippen molar-refractivity contribution in [1.29, 1.82) is 0 Å². The van der Waals surface area contributed by atoms with Crippen LogP contribution in [0.15, 0.2) is 18.2 Å². The van der Waals surface area contributed by atoms with Crippen molar-refractivity contribution in [3.63, 3.8) is 0 Å². The fourth-order valence-electron chi connectivity index (χ4n) is 1.12. The first-order valence-electron chi connectivity index (χ1n) is 4.25. The number of aromatic hydroxyl groups is 1. The summed E-state index contributed by atoms with van der Waals surface area (Å²) in [7, 11) is -1.31. The molecule has 0 unspecified atom stereocenters. The number of rotatable bonds is 1. The van der Waals surface area contributed by atoms with Gasteiger partial charge >= 0.3 is 0 Å². The van der Waals surface area contributed by atoms with Crippen LogP contribution in [0, 0.1) is 12.3 Å². The van der Waals surface area contributed by atoms with Gasteiger partial charge in [-0.05, 0) is 12.1 Å². The van der Waals surface area contributed by atoms with Crippen LogP contribution in [0.4, 0.5) is 0 Å². The second-order valence-corrected chi connectivity index (χ2v) is 9.20. The molecule has 13 heavy (non-hydrogen) atoms. The summed E-state index contributed by atoms with van der Waals surface area (Å²) < 4.78 is 0. The van der Waals surface area contributed by atoms with Gasteiger partial charge in [-0.25, -0.2) is 0 Å². The van der Waals surface area contributed by atoms with Gasteiger partial charge in [0, 0.05) is 0 Å². The fraction of sp³-hybridized carbons (Fsp3) is 0.273. The topological polar surface area (TPSA) is 20.2 Å². The molecular formula is C11H14OSi. The minimum absolute atomic E-state index is 0.199. The minimum Gasteiger partial charge on any atom is -0.507 e. The van der Waals surface area contributed by atoms with Gasteiger partial charge in [-0.1, -0.05) is 36.8 Å². The summed E-state index contributed by atoms with van der Waals surface area (Å²) >= 11 is 0. The average molecular weight is 190 g/mol. The Bertz CT molecular complexity index is 355. The molecule has 0 aliphatic carbocycles. The molecule has 1 aromatic rings. The molecule has 0 amide bonds. The molecule has 0 heterocycles. The highest BCUT2D eigenvalue weighted by molar-refractivity contribution is 6.88. The molecule has 0 radical (unpaired) electrons. The van der Waals surface area contributed by atoms with Gasteiger partial charge < -0.3 is 5.11 Å². The largest absolute Gasteiger partial charge is 0.507 e. The van der Waals surface area contributed by atoms with Crippen molar-refractivity contribution >= 4 is 13.3 Å². The van der Waals surface area contributed by atoms with Gasteiger partial charge in [0.25, 0.3) is 0 Å². The first-order chi connectivity index (χ1) is 5.95. The highest BCUT2D eigenvalue weighted by Gasteiger charge is 2.16. The number of terminal acetylenes is 1. The van der Waals surface area contributed by atoms with Crippen molar-refractivity contribution in [3.05, 3.63) is 23.8 Å². The third-order valence-electron chi connectivity index (χ3n) is 2.02. The molecule has 0 aliphatic rings. The van der Waals surface area contributed by atoms with E-state index >= 15 is 0 Å². The molecule has 1 aromatic carbocycles. The fourth-order valence-corrected chi connectivity index (χ4v) is 2.28. The Morgan fingerprint density at radius 2 is 1.92 bits per heavy atom. The summed E-state index contributed by atoms with van der Waals surface area (Å²) in [6, 6.07) is 5.56. The maximum atomic E-state index is 9.37. The van der Waals surface area contributed by atoms with E-state index in [2.05, 4.69) is 25.6 Å². The smallest absolute Gasteiger partial charge is 0.131 e. The van der Waals surface area contributed by atoms with E-state index in [0.29, 0.717) is 5.56 Å². The average Bonchev–Trinajstić information content (AvgIpc) is 2.03. The van der Waals surface area contributed by atoms with E-state index in [4.69, 9.17) is 6.42 Å². The molecule has 0 spiro atoms. The molecule has 0 saturated heterocycles. The first kappa shape index (κ1) is 9.88. The van der Waals surface area contributed by atoms with E-state index in [-0.39, 0.29) is 5.75 Å². The standard InChI is InChI=1S/C11H14OSi/c1-5-9-8-10(13(2,3)4)6-7-11(9)12/h1,6-8,12H,2-4H3. The quantitative estimate of drug-likeness (QED) is 0.530. The zero-order valence-electron chi connectivity index (χ0n) is 8.26. The lowest BCUT2D eigenvalue weighted by Gasteiger charge is -2.16. The number of benzene rings is 1. The van der Waals surface area contributed by atoms with Gasteiger partial charge in [0.2, 0.25) is 0 Å². The lowest BCUT2D eigenvalue weighted by molar-refractivity contribution is 0.474. The SMILES string of the molecule is C#Cc1cc([Si](C)(C)C)ccc1O. The van der Waals surface area contributed by atoms with Crippen LogP contribution in [0.3, 0.4) is 0 Å². The van der Waals surface area contributed by atoms with E-state index in [1.807, 2.05) is 12.1 Å². The van der Waals surface area contributed by atoms with Crippen LogP contribution in [-0.4, -0.2) is 13.2 Å². The molecule has 2 heteroatoms. The van der Waals surface area contributed by atoms with Crippen molar-refractivity contribution in [3.8, 4) is 18.1 Å². The first-order valence-corrected chi connectivity index (χ1v) is 7.75. The van der Waals surface area contributed by atoms with E-state index < -0.39 is 8.07 Å². The molecule has 1 nitrogen and oxygen atoms in total. The van der Waals surface area contributed by atoms with Gasteiger partial charge in [-0.2, -0.15) is 0 Å². The van der Waals surface area contributed by atoms with Crippen LogP contribution in [-0.2, 0) is 0 Å². The molecule has 0 aromatic heterocycles. The van der Waals surface area contributed by atoms with Gasteiger partial charge in [-0.15, -0.1) is 6.42 Å². The van der Waals surface area contributed by atoms with Crippen LogP contribution in [0.2, 0.25) is 19.6 Å². The number of phenolic OH excluding ortho intramolecular Hbond substituents is 1. The van der Waals surface area contributed by atoms with Crippen LogP contribution in [0.25, 0.3) is 0 Å². The third kappa shape index (κ3) is 2.13. The maximum absolute atomic E-state index is 9.37. The third-order valence-corrected chi connectivity index (χ3v) is 4.06. The molecule has 0 aliphatic heterocycles. The van der Waals surface area contributed by atoms with Gasteiger partial charge in [-0.3, -0.25) is 0 Å². The Morgan fingerprint density at radius 3 is 2.38 bits per heavy atom. The van der Waals surface area contributed by atoms with E-state index in [0.717, 1.165) is 0 Å². The second kappa shape index (κ2) is 3.27. The number of hydrogen-bond acceptors (Lipinski definition) is 1. The van der Waals surface area contributed by atoms with E-state index in [1.165, 1.54) is 5.19 Å². The summed E-state index contributed by atoms with van der Waals surface area (Å²) in [5.74, 6) is 2.68. The lowest BCUT2D eigenvalue weighted by atomic mass is 10.2. The number of phenols is 1. The van der Waals surface area contributed by atoms with Crippen molar-refractivity contribution in [2.75, 3.05) is 0 Å². The molecule has 0 saturated carbocycles.